The van der Waals surface area contributed by atoms with E-state index in [9.17, 15) is 0 Å². The van der Waals surface area contributed by atoms with Crippen molar-refractivity contribution < 1.29 is 0 Å². The molecular weight excluding hydrogens is 150 g/mol. The van der Waals surface area contributed by atoms with Gasteiger partial charge in [0.1, 0.15) is 0 Å². The fourth-order valence-electron chi connectivity index (χ4n) is 1.11. The molecule has 0 unspecified atom stereocenters. The van der Waals surface area contributed by atoms with E-state index in [0.29, 0.717) is 0 Å². The van der Waals surface area contributed by atoms with Gasteiger partial charge in [0.05, 0.1) is 5.70 Å². The highest BCUT2D eigenvalue weighted by Crippen LogP contribution is 2.15. The van der Waals surface area contributed by atoms with Crippen molar-refractivity contribution in [2.75, 3.05) is 0 Å². The van der Waals surface area contributed by atoms with Gasteiger partial charge in [-0.25, -0.2) is 0 Å². The van der Waals surface area contributed by atoms with E-state index in [2.05, 4.69) is 17.6 Å². The molecule has 0 spiro atoms. The van der Waals surface area contributed by atoms with Crippen LogP contribution in [0.1, 0.15) is 19.8 Å². The molecule has 1 rings (SSSR count). The molecule has 0 bridgehead atoms. The summed E-state index contributed by atoms with van der Waals surface area (Å²) in [5.74, 6) is 5.24. The maximum atomic E-state index is 5.82. The van der Waals surface area contributed by atoms with E-state index in [4.69, 9.17) is 11.6 Å². The van der Waals surface area contributed by atoms with E-state index >= 15 is 0 Å². The standard InChI is InChI=1S/C9H15N3/c1-7(12-11)9(10)8-5-3-2-4-6-8/h3,5-6,12H,2,4,10-11H2,1H3/b9-7-. The minimum absolute atomic E-state index is 0.730. The van der Waals surface area contributed by atoms with Crippen LogP contribution in [0.15, 0.2) is 35.2 Å². The smallest absolute Gasteiger partial charge is 0.0588 e. The average Bonchev–Trinajstić information content (AvgIpc) is 2.17. The number of allylic oxidation sites excluding steroid dienone is 4. The monoisotopic (exact) mass is 165 g/mol. The van der Waals surface area contributed by atoms with Gasteiger partial charge in [-0.15, -0.1) is 0 Å². The van der Waals surface area contributed by atoms with E-state index < -0.39 is 0 Å². The van der Waals surface area contributed by atoms with Crippen molar-refractivity contribution in [2.24, 2.45) is 11.6 Å². The van der Waals surface area contributed by atoms with Crippen molar-refractivity contribution in [3.8, 4) is 0 Å². The van der Waals surface area contributed by atoms with Crippen molar-refractivity contribution in [3.05, 3.63) is 35.2 Å². The zero-order valence-electron chi connectivity index (χ0n) is 7.30. The van der Waals surface area contributed by atoms with Crippen molar-refractivity contribution >= 4 is 0 Å². The second-order valence-corrected chi connectivity index (χ2v) is 2.82. The molecule has 5 N–H and O–H groups in total. The summed E-state index contributed by atoms with van der Waals surface area (Å²) in [4.78, 5) is 0. The lowest BCUT2D eigenvalue weighted by Gasteiger charge is -2.10. The van der Waals surface area contributed by atoms with Gasteiger partial charge >= 0.3 is 0 Å². The summed E-state index contributed by atoms with van der Waals surface area (Å²) < 4.78 is 0. The van der Waals surface area contributed by atoms with Gasteiger partial charge in [-0.1, -0.05) is 18.2 Å². The second kappa shape index (κ2) is 3.97. The molecule has 12 heavy (non-hydrogen) atoms. The molecule has 0 aromatic rings. The fourth-order valence-corrected chi connectivity index (χ4v) is 1.11. The molecule has 0 aliphatic heterocycles. The molecule has 0 heterocycles. The maximum absolute atomic E-state index is 5.82. The van der Waals surface area contributed by atoms with Crippen LogP contribution >= 0.6 is 0 Å². The minimum Gasteiger partial charge on any atom is -0.397 e. The predicted molar refractivity (Wildman–Crippen MR) is 50.7 cm³/mol. The molecule has 0 amide bonds. The SMILES string of the molecule is C/C(NN)=C(/N)C1=CCCC=C1. The van der Waals surface area contributed by atoms with Crippen molar-refractivity contribution in [1.82, 2.24) is 5.43 Å². The Morgan fingerprint density at radius 3 is 2.75 bits per heavy atom. The van der Waals surface area contributed by atoms with Gasteiger partial charge in [-0.3, -0.25) is 5.84 Å². The minimum atomic E-state index is 0.730. The molecule has 0 aromatic carbocycles. The van der Waals surface area contributed by atoms with Crippen LogP contribution in [0, 0.1) is 0 Å². The quantitative estimate of drug-likeness (QED) is 0.421. The maximum Gasteiger partial charge on any atom is 0.0588 e. The third kappa shape index (κ3) is 1.89. The van der Waals surface area contributed by atoms with E-state index in [1.54, 1.807) is 0 Å². The zero-order valence-corrected chi connectivity index (χ0v) is 7.30. The summed E-state index contributed by atoms with van der Waals surface area (Å²) in [6.45, 7) is 1.86. The molecule has 0 saturated carbocycles. The van der Waals surface area contributed by atoms with Crippen LogP contribution < -0.4 is 17.0 Å². The van der Waals surface area contributed by atoms with Crippen LogP contribution in [-0.2, 0) is 0 Å². The molecule has 0 radical (unpaired) electrons. The summed E-state index contributed by atoms with van der Waals surface area (Å²) in [5.41, 5.74) is 11.0. The second-order valence-electron chi connectivity index (χ2n) is 2.82. The summed E-state index contributed by atoms with van der Waals surface area (Å²) in [5, 5.41) is 0. The highest BCUT2D eigenvalue weighted by molar-refractivity contribution is 5.41. The van der Waals surface area contributed by atoms with E-state index in [1.807, 2.05) is 13.0 Å². The predicted octanol–water partition coefficient (Wildman–Crippen LogP) is 0.916. The van der Waals surface area contributed by atoms with E-state index in [0.717, 1.165) is 29.8 Å². The molecule has 3 heteroatoms. The molecule has 66 valence electrons. The molecule has 1 aliphatic rings. The Morgan fingerprint density at radius 2 is 2.25 bits per heavy atom. The van der Waals surface area contributed by atoms with Crippen LogP contribution in [0.25, 0.3) is 0 Å². The van der Waals surface area contributed by atoms with Gasteiger partial charge in [0.25, 0.3) is 0 Å². The Kier molecular flexibility index (Phi) is 2.94. The van der Waals surface area contributed by atoms with Gasteiger partial charge in [0.2, 0.25) is 0 Å². The van der Waals surface area contributed by atoms with Crippen molar-refractivity contribution in [1.29, 1.82) is 0 Å². The number of hydrogen-bond acceptors (Lipinski definition) is 3. The summed E-state index contributed by atoms with van der Waals surface area (Å²) >= 11 is 0. The first-order valence-corrected chi connectivity index (χ1v) is 4.05. The number of rotatable bonds is 2. The number of hydrogen-bond donors (Lipinski definition) is 3. The number of nitrogens with one attached hydrogen (secondary N) is 1. The molecule has 3 nitrogen and oxygen atoms in total. The van der Waals surface area contributed by atoms with Gasteiger partial charge in [-0.05, 0) is 25.3 Å². The van der Waals surface area contributed by atoms with Crippen LogP contribution in [0.4, 0.5) is 0 Å². The first-order chi connectivity index (χ1) is 5.75. The first kappa shape index (κ1) is 8.87. The Hall–Kier alpha value is -1.22. The van der Waals surface area contributed by atoms with E-state index in [-0.39, 0.29) is 0 Å². The lowest BCUT2D eigenvalue weighted by Crippen LogP contribution is -2.23. The Balaban J connectivity index is 2.82. The topological polar surface area (TPSA) is 64.1 Å². The zero-order chi connectivity index (χ0) is 8.97. The molecule has 0 aromatic heterocycles. The fraction of sp³-hybridized carbons (Fsp3) is 0.333. The third-order valence-electron chi connectivity index (χ3n) is 1.93. The summed E-state index contributed by atoms with van der Waals surface area (Å²) in [6.07, 6.45) is 8.43. The molecule has 0 saturated heterocycles. The Bertz CT molecular complexity index is 248. The van der Waals surface area contributed by atoms with Gasteiger partial charge < -0.3 is 11.2 Å². The summed E-state index contributed by atoms with van der Waals surface area (Å²) in [7, 11) is 0. The number of hydrazine groups is 1. The molecule has 1 aliphatic carbocycles. The lowest BCUT2D eigenvalue weighted by molar-refractivity contribution is 0.863. The molecular formula is C9H15N3. The summed E-state index contributed by atoms with van der Waals surface area (Å²) in [6, 6.07) is 0. The highest BCUT2D eigenvalue weighted by atomic mass is 15.2. The van der Waals surface area contributed by atoms with Crippen LogP contribution in [0.2, 0.25) is 0 Å². The van der Waals surface area contributed by atoms with Gasteiger partial charge in [0, 0.05) is 5.70 Å². The van der Waals surface area contributed by atoms with Gasteiger partial charge in [-0.2, -0.15) is 0 Å². The van der Waals surface area contributed by atoms with Gasteiger partial charge in [0.15, 0.2) is 0 Å². The Labute approximate surface area is 72.8 Å². The van der Waals surface area contributed by atoms with Crippen LogP contribution in [0.3, 0.4) is 0 Å². The molecule has 0 atom stereocenters. The molecule has 0 fully saturated rings. The van der Waals surface area contributed by atoms with E-state index in [1.165, 1.54) is 0 Å². The van der Waals surface area contributed by atoms with Crippen molar-refractivity contribution in [3.63, 3.8) is 0 Å². The highest BCUT2D eigenvalue weighted by Gasteiger charge is 2.02. The third-order valence-corrected chi connectivity index (χ3v) is 1.93. The van der Waals surface area contributed by atoms with Crippen molar-refractivity contribution in [2.45, 2.75) is 19.8 Å². The normalized spacial score (nSPS) is 18.3. The number of nitrogens with two attached hydrogens (primary N) is 2. The average molecular weight is 165 g/mol. The van der Waals surface area contributed by atoms with Crippen LogP contribution in [-0.4, -0.2) is 0 Å². The Morgan fingerprint density at radius 1 is 1.50 bits per heavy atom. The first-order valence-electron chi connectivity index (χ1n) is 4.05. The largest absolute Gasteiger partial charge is 0.397 e. The lowest BCUT2D eigenvalue weighted by atomic mass is 10.0. The van der Waals surface area contributed by atoms with Crippen LogP contribution in [0.5, 0.6) is 0 Å².